The smallest absolute Gasteiger partial charge is 0.333 e. The number of unbranched alkanes of at least 4 members (excludes halogenated alkanes) is 1. The van der Waals surface area contributed by atoms with Crippen molar-refractivity contribution in [2.75, 3.05) is 6.61 Å². The maximum atomic E-state index is 13.0. The maximum absolute atomic E-state index is 13.0. The number of halogens is 1. The fourth-order valence-electron chi connectivity index (χ4n) is 4.32. The molecule has 1 N–H and O–H groups in total. The molecule has 2 atom stereocenters. The molecule has 0 bridgehead atoms. The van der Waals surface area contributed by atoms with E-state index in [4.69, 9.17) is 21.1 Å². The number of fused-ring (bicyclic) bond motifs is 1. The van der Waals surface area contributed by atoms with E-state index in [-0.39, 0.29) is 29.3 Å². The first-order valence-electron chi connectivity index (χ1n) is 13.8. The van der Waals surface area contributed by atoms with Crippen LogP contribution in [0.5, 0.6) is 5.75 Å². The molecule has 3 aromatic rings. The molecule has 9 heteroatoms. The number of carbonyl (C=O) groups is 2. The zero-order chi connectivity index (χ0) is 29.6. The molecule has 216 valence electrons. The van der Waals surface area contributed by atoms with Gasteiger partial charge in [-0.3, -0.25) is 4.79 Å². The Morgan fingerprint density at radius 2 is 1.82 bits per heavy atom. The quantitative estimate of drug-likeness (QED) is 0.179. The summed E-state index contributed by atoms with van der Waals surface area (Å²) in [6, 6.07) is 8.51. The number of phenols is 1. The van der Waals surface area contributed by atoms with E-state index >= 15 is 0 Å². The molecule has 1 aromatic heterocycles. The Morgan fingerprint density at radius 1 is 1.12 bits per heavy atom. The number of nitrogens with zero attached hydrogens (tertiary/aromatic N) is 3. The van der Waals surface area contributed by atoms with Crippen LogP contribution in [0.3, 0.4) is 0 Å². The maximum Gasteiger partial charge on any atom is 0.333 e. The molecule has 0 spiro atoms. The number of hydrogen-bond acceptors (Lipinski definition) is 7. The number of esters is 2. The minimum absolute atomic E-state index is 0.0167. The SMILES string of the molecule is C=C(C)C(=O)OC(CC(=O)OCC(CC)CCCC)c1cc(-n2nc3ccc(Cl)cc3n2)c(O)c(C(C)(C)C)c1. The summed E-state index contributed by atoms with van der Waals surface area (Å²) >= 11 is 6.13. The standard InChI is InChI=1S/C31H40ClN3O5/c1-8-10-11-20(9-2)18-39-28(36)17-27(40-30(38)19(3)4)21-14-23(31(5,6)7)29(37)26(15-21)35-33-24-13-12-22(32)16-25(24)34-35/h12-16,20,27,37H,3,8-11,17-18H2,1-2,4-7H3. The van der Waals surface area contributed by atoms with Gasteiger partial charge in [0.1, 0.15) is 28.6 Å². The van der Waals surface area contributed by atoms with E-state index in [0.717, 1.165) is 25.7 Å². The van der Waals surface area contributed by atoms with Crippen LogP contribution in [-0.2, 0) is 24.5 Å². The number of hydrogen-bond donors (Lipinski definition) is 1. The lowest BCUT2D eigenvalue weighted by atomic mass is 9.84. The summed E-state index contributed by atoms with van der Waals surface area (Å²) < 4.78 is 11.4. The van der Waals surface area contributed by atoms with Crippen molar-refractivity contribution in [3.05, 3.63) is 58.6 Å². The van der Waals surface area contributed by atoms with E-state index < -0.39 is 23.5 Å². The molecule has 0 fully saturated rings. The lowest BCUT2D eigenvalue weighted by Crippen LogP contribution is -2.21. The Hall–Kier alpha value is -3.39. The summed E-state index contributed by atoms with van der Waals surface area (Å²) in [6.07, 6.45) is 2.88. The van der Waals surface area contributed by atoms with E-state index in [9.17, 15) is 14.7 Å². The molecule has 0 radical (unpaired) electrons. The topological polar surface area (TPSA) is 104 Å². The van der Waals surface area contributed by atoms with Crippen LogP contribution in [-0.4, -0.2) is 38.6 Å². The first-order valence-corrected chi connectivity index (χ1v) is 14.1. The van der Waals surface area contributed by atoms with Crippen LogP contribution in [0.15, 0.2) is 42.5 Å². The molecule has 0 aliphatic carbocycles. The molecule has 0 aliphatic rings. The van der Waals surface area contributed by atoms with Gasteiger partial charge in [0.2, 0.25) is 0 Å². The molecular formula is C31H40ClN3O5. The van der Waals surface area contributed by atoms with Crippen molar-refractivity contribution in [1.82, 2.24) is 15.0 Å². The van der Waals surface area contributed by atoms with E-state index in [2.05, 4.69) is 30.6 Å². The summed E-state index contributed by atoms with van der Waals surface area (Å²) in [7, 11) is 0. The van der Waals surface area contributed by atoms with Crippen LogP contribution in [0.25, 0.3) is 16.7 Å². The van der Waals surface area contributed by atoms with Crippen LogP contribution in [0, 0.1) is 5.92 Å². The highest BCUT2D eigenvalue weighted by Crippen LogP contribution is 2.39. The molecule has 0 saturated heterocycles. The largest absolute Gasteiger partial charge is 0.505 e. The van der Waals surface area contributed by atoms with Crippen LogP contribution < -0.4 is 0 Å². The van der Waals surface area contributed by atoms with Gasteiger partial charge in [0.15, 0.2) is 0 Å². The summed E-state index contributed by atoms with van der Waals surface area (Å²) in [4.78, 5) is 26.9. The van der Waals surface area contributed by atoms with Gasteiger partial charge in [0.25, 0.3) is 0 Å². The number of phenolic OH excluding ortho intramolecular Hbond substituents is 1. The van der Waals surface area contributed by atoms with Crippen LogP contribution in [0.1, 0.15) is 90.9 Å². The van der Waals surface area contributed by atoms with Crippen molar-refractivity contribution in [2.45, 2.75) is 85.2 Å². The van der Waals surface area contributed by atoms with Crippen molar-refractivity contribution in [1.29, 1.82) is 0 Å². The fourth-order valence-corrected chi connectivity index (χ4v) is 4.49. The third-order valence-corrected chi connectivity index (χ3v) is 7.06. The number of ether oxygens (including phenoxy) is 2. The predicted octanol–water partition coefficient (Wildman–Crippen LogP) is 7.39. The number of carbonyl (C=O) groups excluding carboxylic acids is 2. The number of rotatable bonds is 12. The minimum atomic E-state index is -0.979. The summed E-state index contributed by atoms with van der Waals surface area (Å²) in [5.74, 6) is -0.839. The van der Waals surface area contributed by atoms with Crippen LogP contribution >= 0.6 is 11.6 Å². The average Bonchev–Trinajstić information content (AvgIpc) is 3.30. The normalized spacial score (nSPS) is 13.2. The first kappa shape index (κ1) is 31.1. The molecule has 1 heterocycles. The van der Waals surface area contributed by atoms with Gasteiger partial charge in [0, 0.05) is 16.2 Å². The van der Waals surface area contributed by atoms with Gasteiger partial charge in [-0.05, 0) is 60.6 Å². The van der Waals surface area contributed by atoms with Crippen LogP contribution in [0.2, 0.25) is 5.02 Å². The van der Waals surface area contributed by atoms with Gasteiger partial charge in [0.05, 0.1) is 13.0 Å². The highest BCUT2D eigenvalue weighted by Gasteiger charge is 2.29. The van der Waals surface area contributed by atoms with E-state index in [1.807, 2.05) is 20.8 Å². The Labute approximate surface area is 241 Å². The molecule has 0 saturated carbocycles. The molecule has 2 unspecified atom stereocenters. The third-order valence-electron chi connectivity index (χ3n) is 6.82. The highest BCUT2D eigenvalue weighted by atomic mass is 35.5. The van der Waals surface area contributed by atoms with Gasteiger partial charge in [-0.25, -0.2) is 4.79 Å². The lowest BCUT2D eigenvalue weighted by molar-refractivity contribution is -0.153. The van der Waals surface area contributed by atoms with Crippen molar-refractivity contribution in [3.63, 3.8) is 0 Å². The van der Waals surface area contributed by atoms with Gasteiger partial charge < -0.3 is 14.6 Å². The van der Waals surface area contributed by atoms with Gasteiger partial charge in [-0.15, -0.1) is 15.0 Å². The summed E-state index contributed by atoms with van der Waals surface area (Å²) in [6.45, 7) is 15.6. The monoisotopic (exact) mass is 569 g/mol. The predicted molar refractivity (Wildman–Crippen MR) is 157 cm³/mol. The zero-order valence-corrected chi connectivity index (χ0v) is 25.0. The second-order valence-corrected chi connectivity index (χ2v) is 11.7. The van der Waals surface area contributed by atoms with E-state index in [1.54, 1.807) is 37.3 Å². The fraction of sp³-hybridized carbons (Fsp3) is 0.484. The Morgan fingerprint density at radius 3 is 2.45 bits per heavy atom. The molecule has 0 amide bonds. The third kappa shape index (κ3) is 7.84. The van der Waals surface area contributed by atoms with Crippen molar-refractivity contribution >= 4 is 34.6 Å². The zero-order valence-electron chi connectivity index (χ0n) is 24.3. The van der Waals surface area contributed by atoms with Crippen molar-refractivity contribution < 1.29 is 24.2 Å². The van der Waals surface area contributed by atoms with Crippen LogP contribution in [0.4, 0.5) is 0 Å². The Bertz CT molecular complexity index is 1380. The molecule has 0 aliphatic heterocycles. The molecule has 3 rings (SSSR count). The molecular weight excluding hydrogens is 530 g/mol. The minimum Gasteiger partial charge on any atom is -0.505 e. The molecule has 2 aromatic carbocycles. The number of aromatic nitrogens is 3. The molecule has 40 heavy (non-hydrogen) atoms. The Kier molecular flexibility index (Phi) is 10.4. The second kappa shape index (κ2) is 13.3. The van der Waals surface area contributed by atoms with Crippen molar-refractivity contribution in [3.8, 4) is 11.4 Å². The summed E-state index contributed by atoms with van der Waals surface area (Å²) in [5, 5.41) is 20.9. The molecule has 8 nitrogen and oxygen atoms in total. The highest BCUT2D eigenvalue weighted by molar-refractivity contribution is 6.31. The summed E-state index contributed by atoms with van der Waals surface area (Å²) in [5.41, 5.74) is 2.21. The van der Waals surface area contributed by atoms with Crippen molar-refractivity contribution in [2.24, 2.45) is 5.92 Å². The second-order valence-electron chi connectivity index (χ2n) is 11.3. The first-order chi connectivity index (χ1) is 18.8. The van der Waals surface area contributed by atoms with Gasteiger partial charge >= 0.3 is 11.9 Å². The lowest BCUT2D eigenvalue weighted by Gasteiger charge is -2.25. The Balaban J connectivity index is 2.04. The number of aromatic hydroxyl groups is 1. The van der Waals surface area contributed by atoms with Gasteiger partial charge in [-0.2, -0.15) is 0 Å². The van der Waals surface area contributed by atoms with E-state index in [1.165, 1.54) is 4.80 Å². The number of benzene rings is 2. The average molecular weight is 570 g/mol. The van der Waals surface area contributed by atoms with E-state index in [0.29, 0.717) is 33.8 Å². The van der Waals surface area contributed by atoms with Gasteiger partial charge in [-0.1, -0.05) is 72.1 Å².